The van der Waals surface area contributed by atoms with Crippen LogP contribution in [0.2, 0.25) is 10.0 Å². The van der Waals surface area contributed by atoms with Crippen LogP contribution in [0.5, 0.6) is 5.75 Å². The van der Waals surface area contributed by atoms with Crippen molar-refractivity contribution in [2.24, 2.45) is 5.92 Å². The third-order valence-electron chi connectivity index (χ3n) is 5.54. The number of ether oxygens (including phenoxy) is 1. The Labute approximate surface area is 189 Å². The first-order valence-electron chi connectivity index (χ1n) is 10.7. The van der Waals surface area contributed by atoms with Gasteiger partial charge in [0.25, 0.3) is 0 Å². The molecule has 0 spiro atoms. The number of benzene rings is 2. The second-order valence-electron chi connectivity index (χ2n) is 7.73. The molecule has 1 N–H and O–H groups in total. The summed E-state index contributed by atoms with van der Waals surface area (Å²) in [4.78, 5) is 14.9. The van der Waals surface area contributed by atoms with E-state index < -0.39 is 0 Å². The monoisotopic (exact) mass is 448 g/mol. The lowest BCUT2D eigenvalue weighted by molar-refractivity contribution is -0.126. The Bertz CT molecular complexity index is 836. The Balaban J connectivity index is 1.37. The van der Waals surface area contributed by atoms with E-state index in [1.54, 1.807) is 0 Å². The van der Waals surface area contributed by atoms with Gasteiger partial charge < -0.3 is 10.1 Å². The molecule has 0 unspecified atom stereocenters. The Morgan fingerprint density at radius 1 is 1.13 bits per heavy atom. The van der Waals surface area contributed by atoms with Gasteiger partial charge in [0.15, 0.2) is 0 Å². The number of halogens is 2. The number of piperidine rings is 1. The molecule has 162 valence electrons. The van der Waals surface area contributed by atoms with E-state index in [2.05, 4.69) is 16.3 Å². The predicted octanol–water partition coefficient (Wildman–Crippen LogP) is 5.35. The first-order valence-corrected chi connectivity index (χ1v) is 11.5. The first-order chi connectivity index (χ1) is 14.6. The summed E-state index contributed by atoms with van der Waals surface area (Å²) < 4.78 is 5.67. The molecule has 0 aliphatic carbocycles. The van der Waals surface area contributed by atoms with E-state index in [9.17, 15) is 4.79 Å². The molecule has 0 bridgehead atoms. The van der Waals surface area contributed by atoms with E-state index in [1.165, 1.54) is 5.56 Å². The van der Waals surface area contributed by atoms with Gasteiger partial charge in [-0.05, 0) is 75.0 Å². The highest BCUT2D eigenvalue weighted by Gasteiger charge is 2.24. The first kappa shape index (κ1) is 22.9. The molecule has 1 aliphatic rings. The van der Waals surface area contributed by atoms with Gasteiger partial charge in [0, 0.05) is 19.0 Å². The van der Waals surface area contributed by atoms with E-state index in [-0.39, 0.29) is 11.8 Å². The lowest BCUT2D eigenvalue weighted by Gasteiger charge is -2.31. The molecule has 0 aromatic heterocycles. The number of carbonyl (C=O) groups is 1. The average molecular weight is 449 g/mol. The number of rotatable bonds is 9. The zero-order chi connectivity index (χ0) is 21.3. The van der Waals surface area contributed by atoms with Crippen LogP contribution in [0, 0.1) is 5.92 Å². The smallest absolute Gasteiger partial charge is 0.223 e. The lowest BCUT2D eigenvalue weighted by Crippen LogP contribution is -2.40. The molecule has 4 nitrogen and oxygen atoms in total. The number of aryl methyl sites for hydroxylation is 1. The fourth-order valence-corrected chi connectivity index (χ4v) is 4.21. The van der Waals surface area contributed by atoms with Crippen molar-refractivity contribution in [1.82, 2.24) is 10.2 Å². The molecule has 0 radical (unpaired) electrons. The van der Waals surface area contributed by atoms with Crippen molar-refractivity contribution in [2.45, 2.75) is 39.2 Å². The van der Waals surface area contributed by atoms with Crippen LogP contribution in [-0.2, 0) is 17.8 Å². The molecule has 0 atom stereocenters. The van der Waals surface area contributed by atoms with Crippen LogP contribution in [0.4, 0.5) is 0 Å². The molecular weight excluding hydrogens is 419 g/mol. The summed E-state index contributed by atoms with van der Waals surface area (Å²) in [6, 6.07) is 13.9. The van der Waals surface area contributed by atoms with Crippen LogP contribution in [-0.4, -0.2) is 37.0 Å². The number of hydrogen-bond acceptors (Lipinski definition) is 3. The fraction of sp³-hybridized carbons (Fsp3) is 0.458. The largest absolute Gasteiger partial charge is 0.494 e. The minimum Gasteiger partial charge on any atom is -0.494 e. The molecule has 1 fully saturated rings. The number of carbonyl (C=O) groups excluding carboxylic acids is 1. The SMILES string of the molecule is CCOc1ccccc1CCCNC(=O)C1CCN(Cc2ccc(Cl)c(Cl)c2)CC1. The molecule has 6 heteroatoms. The number of likely N-dealkylation sites (tertiary alicyclic amines) is 1. The minimum atomic E-state index is 0.103. The summed E-state index contributed by atoms with van der Waals surface area (Å²) in [5, 5.41) is 4.29. The molecule has 1 aliphatic heterocycles. The van der Waals surface area contributed by atoms with Gasteiger partial charge in [-0.15, -0.1) is 0 Å². The molecule has 0 saturated carbocycles. The van der Waals surface area contributed by atoms with Gasteiger partial charge in [-0.3, -0.25) is 9.69 Å². The molecule has 3 rings (SSSR count). The normalized spacial score (nSPS) is 15.2. The van der Waals surface area contributed by atoms with Crippen molar-refractivity contribution in [3.8, 4) is 5.75 Å². The van der Waals surface area contributed by atoms with E-state index >= 15 is 0 Å². The summed E-state index contributed by atoms with van der Waals surface area (Å²) in [6.45, 7) is 6.03. The van der Waals surface area contributed by atoms with Crippen LogP contribution in [0.25, 0.3) is 0 Å². The highest BCUT2D eigenvalue weighted by Crippen LogP contribution is 2.25. The van der Waals surface area contributed by atoms with Crippen LogP contribution < -0.4 is 10.1 Å². The van der Waals surface area contributed by atoms with E-state index in [0.717, 1.165) is 56.6 Å². The van der Waals surface area contributed by atoms with Crippen molar-refractivity contribution in [3.63, 3.8) is 0 Å². The van der Waals surface area contributed by atoms with Crippen molar-refractivity contribution >= 4 is 29.1 Å². The fourth-order valence-electron chi connectivity index (χ4n) is 3.89. The highest BCUT2D eigenvalue weighted by atomic mass is 35.5. The Morgan fingerprint density at radius 2 is 1.90 bits per heavy atom. The summed E-state index contributed by atoms with van der Waals surface area (Å²) in [7, 11) is 0. The van der Waals surface area contributed by atoms with Gasteiger partial charge in [0.1, 0.15) is 5.75 Å². The van der Waals surface area contributed by atoms with Crippen LogP contribution >= 0.6 is 23.2 Å². The number of para-hydroxylation sites is 1. The van der Waals surface area contributed by atoms with E-state index in [0.29, 0.717) is 23.2 Å². The third kappa shape index (κ3) is 6.63. The van der Waals surface area contributed by atoms with Crippen molar-refractivity contribution in [3.05, 3.63) is 63.6 Å². The molecule has 30 heavy (non-hydrogen) atoms. The number of nitrogens with zero attached hydrogens (tertiary/aromatic N) is 1. The quantitative estimate of drug-likeness (QED) is 0.525. The molecule has 1 amide bonds. The second kappa shape index (κ2) is 11.6. The Hall–Kier alpha value is -1.75. The van der Waals surface area contributed by atoms with Crippen LogP contribution in [0.1, 0.15) is 37.3 Å². The second-order valence-corrected chi connectivity index (χ2v) is 8.55. The number of amides is 1. The summed E-state index contributed by atoms with van der Waals surface area (Å²) in [5.41, 5.74) is 2.35. The highest BCUT2D eigenvalue weighted by molar-refractivity contribution is 6.42. The van der Waals surface area contributed by atoms with Gasteiger partial charge in [0.2, 0.25) is 5.91 Å². The van der Waals surface area contributed by atoms with E-state index in [4.69, 9.17) is 27.9 Å². The maximum Gasteiger partial charge on any atom is 0.223 e. The number of hydrogen-bond donors (Lipinski definition) is 1. The van der Waals surface area contributed by atoms with Crippen LogP contribution in [0.15, 0.2) is 42.5 Å². The van der Waals surface area contributed by atoms with Crippen molar-refractivity contribution < 1.29 is 9.53 Å². The molecule has 1 heterocycles. The maximum atomic E-state index is 12.5. The van der Waals surface area contributed by atoms with Gasteiger partial charge in [-0.1, -0.05) is 47.5 Å². The van der Waals surface area contributed by atoms with Gasteiger partial charge in [-0.2, -0.15) is 0 Å². The maximum absolute atomic E-state index is 12.5. The molecule has 1 saturated heterocycles. The predicted molar refractivity (Wildman–Crippen MR) is 123 cm³/mol. The molecule has 2 aromatic rings. The van der Waals surface area contributed by atoms with Gasteiger partial charge in [-0.25, -0.2) is 0 Å². The Kier molecular flexibility index (Phi) is 8.86. The Morgan fingerprint density at radius 3 is 2.63 bits per heavy atom. The van der Waals surface area contributed by atoms with E-state index in [1.807, 2.05) is 43.3 Å². The summed E-state index contributed by atoms with van der Waals surface area (Å²) in [6.07, 6.45) is 3.59. The molecule has 2 aromatic carbocycles. The van der Waals surface area contributed by atoms with Crippen molar-refractivity contribution in [2.75, 3.05) is 26.2 Å². The lowest BCUT2D eigenvalue weighted by atomic mass is 9.95. The average Bonchev–Trinajstić information content (AvgIpc) is 2.75. The standard InChI is InChI=1S/C24H30Cl2N2O2/c1-2-30-23-8-4-3-6-19(23)7-5-13-27-24(29)20-11-14-28(15-12-20)17-18-9-10-21(25)22(26)16-18/h3-4,6,8-10,16,20H,2,5,7,11-15,17H2,1H3,(H,27,29). The number of nitrogens with one attached hydrogen (secondary N) is 1. The topological polar surface area (TPSA) is 41.6 Å². The van der Waals surface area contributed by atoms with Gasteiger partial charge in [0.05, 0.1) is 16.7 Å². The summed E-state index contributed by atoms with van der Waals surface area (Å²) >= 11 is 12.1. The zero-order valence-corrected chi connectivity index (χ0v) is 19.0. The summed E-state index contributed by atoms with van der Waals surface area (Å²) in [5.74, 6) is 1.23. The molecular formula is C24H30Cl2N2O2. The van der Waals surface area contributed by atoms with Gasteiger partial charge >= 0.3 is 0 Å². The van der Waals surface area contributed by atoms with Crippen molar-refractivity contribution in [1.29, 1.82) is 0 Å². The zero-order valence-electron chi connectivity index (χ0n) is 17.5. The minimum absolute atomic E-state index is 0.103. The van der Waals surface area contributed by atoms with Crippen LogP contribution in [0.3, 0.4) is 0 Å². The third-order valence-corrected chi connectivity index (χ3v) is 6.28.